The van der Waals surface area contributed by atoms with Gasteiger partial charge >= 0.3 is 0 Å². The maximum Gasteiger partial charge on any atom is 0.272 e. The molecule has 1 aromatic heterocycles. The number of carbonyl (C=O) groups is 2. The molecule has 1 aliphatic rings. The van der Waals surface area contributed by atoms with Gasteiger partial charge in [0.15, 0.2) is 0 Å². The zero-order valence-corrected chi connectivity index (χ0v) is 18.8. The van der Waals surface area contributed by atoms with E-state index in [4.69, 9.17) is 4.74 Å². The molecule has 2 heterocycles. The molecular formula is C24H34N4O3. The van der Waals surface area contributed by atoms with Gasteiger partial charge in [-0.3, -0.25) is 14.7 Å². The third kappa shape index (κ3) is 6.09. The fourth-order valence-corrected chi connectivity index (χ4v) is 4.06. The lowest BCUT2D eigenvalue weighted by Crippen LogP contribution is -2.45. The molecule has 31 heavy (non-hydrogen) atoms. The molecule has 7 nitrogen and oxygen atoms in total. The van der Waals surface area contributed by atoms with Crippen LogP contribution in [0.15, 0.2) is 36.5 Å². The maximum absolute atomic E-state index is 13.3. The largest absolute Gasteiger partial charge is 0.491 e. The lowest BCUT2D eigenvalue weighted by Gasteiger charge is -2.33. The monoisotopic (exact) mass is 426 g/mol. The van der Waals surface area contributed by atoms with Gasteiger partial charge in [-0.1, -0.05) is 38.8 Å². The minimum absolute atomic E-state index is 0.0292. The van der Waals surface area contributed by atoms with Crippen molar-refractivity contribution in [2.75, 3.05) is 26.7 Å². The zero-order valence-electron chi connectivity index (χ0n) is 18.8. The SMILES string of the molecule is CC(C)C[C@H]1COc2ccccc2C(=O)N(C)CCCCCCN1C(=O)c1ccn[nH]1. The van der Waals surface area contributed by atoms with Crippen molar-refractivity contribution in [2.24, 2.45) is 5.92 Å². The van der Waals surface area contributed by atoms with Crippen LogP contribution in [0, 0.1) is 5.92 Å². The highest BCUT2D eigenvalue weighted by molar-refractivity contribution is 5.96. The van der Waals surface area contributed by atoms with E-state index in [9.17, 15) is 9.59 Å². The van der Waals surface area contributed by atoms with Gasteiger partial charge in [-0.25, -0.2) is 0 Å². The van der Waals surface area contributed by atoms with E-state index in [2.05, 4.69) is 24.0 Å². The van der Waals surface area contributed by atoms with Crippen molar-refractivity contribution in [3.63, 3.8) is 0 Å². The summed E-state index contributed by atoms with van der Waals surface area (Å²) in [6, 6.07) is 8.99. The van der Waals surface area contributed by atoms with Crippen LogP contribution in [0.25, 0.3) is 0 Å². The number of aromatic nitrogens is 2. The summed E-state index contributed by atoms with van der Waals surface area (Å²) < 4.78 is 6.20. The number of nitrogens with zero attached hydrogens (tertiary/aromatic N) is 3. The smallest absolute Gasteiger partial charge is 0.272 e. The molecule has 0 spiro atoms. The molecule has 2 amide bonds. The number of para-hydroxylation sites is 1. The number of amides is 2. The first-order chi connectivity index (χ1) is 15.0. The van der Waals surface area contributed by atoms with Crippen molar-refractivity contribution in [3.8, 4) is 5.75 Å². The molecule has 0 saturated carbocycles. The first-order valence-electron chi connectivity index (χ1n) is 11.2. The predicted octanol–water partition coefficient (Wildman–Crippen LogP) is 3.99. The molecule has 0 aliphatic carbocycles. The molecule has 1 aliphatic heterocycles. The number of nitrogens with one attached hydrogen (secondary N) is 1. The van der Waals surface area contributed by atoms with Crippen LogP contribution in [0.5, 0.6) is 5.75 Å². The summed E-state index contributed by atoms with van der Waals surface area (Å²) in [6.45, 7) is 6.02. The van der Waals surface area contributed by atoms with Crippen molar-refractivity contribution in [1.82, 2.24) is 20.0 Å². The molecule has 1 atom stereocenters. The van der Waals surface area contributed by atoms with Crippen LogP contribution in [0.1, 0.15) is 66.8 Å². The molecule has 0 bridgehead atoms. The summed E-state index contributed by atoms with van der Waals surface area (Å²) in [5, 5.41) is 6.76. The standard InChI is InChI=1S/C24H34N4O3/c1-18(2)16-19-17-31-22-11-7-6-10-20(22)23(29)27(3)14-8-4-5-9-15-28(19)24(30)21-12-13-25-26-21/h6-7,10-13,18-19H,4-5,8-9,14-17H2,1-3H3,(H,25,26)/t19-/m0/s1. The first-order valence-corrected chi connectivity index (χ1v) is 11.2. The van der Waals surface area contributed by atoms with Gasteiger partial charge in [-0.15, -0.1) is 0 Å². The van der Waals surface area contributed by atoms with E-state index in [0.29, 0.717) is 42.6 Å². The van der Waals surface area contributed by atoms with Crippen LogP contribution in [-0.2, 0) is 0 Å². The van der Waals surface area contributed by atoms with E-state index in [1.807, 2.05) is 36.2 Å². The van der Waals surface area contributed by atoms with Gasteiger partial charge in [-0.2, -0.15) is 5.10 Å². The average molecular weight is 427 g/mol. The van der Waals surface area contributed by atoms with Gasteiger partial charge in [0.05, 0.1) is 11.6 Å². The Bertz CT molecular complexity index is 850. The number of carbonyl (C=O) groups excluding carboxylic acids is 2. The minimum atomic E-state index is -0.0976. The number of ether oxygens (including phenoxy) is 1. The Morgan fingerprint density at radius 1 is 1.16 bits per heavy atom. The van der Waals surface area contributed by atoms with Gasteiger partial charge in [0.2, 0.25) is 0 Å². The highest BCUT2D eigenvalue weighted by Crippen LogP contribution is 2.23. The second-order valence-electron chi connectivity index (χ2n) is 8.70. The summed E-state index contributed by atoms with van der Waals surface area (Å²) >= 11 is 0. The third-order valence-electron chi connectivity index (χ3n) is 5.71. The second-order valence-corrected chi connectivity index (χ2v) is 8.70. The van der Waals surface area contributed by atoms with E-state index in [1.54, 1.807) is 17.2 Å². The molecule has 168 valence electrons. The third-order valence-corrected chi connectivity index (χ3v) is 5.71. The van der Waals surface area contributed by atoms with Gasteiger partial charge in [0.25, 0.3) is 11.8 Å². The maximum atomic E-state index is 13.3. The van der Waals surface area contributed by atoms with Crippen LogP contribution in [0.2, 0.25) is 0 Å². The highest BCUT2D eigenvalue weighted by Gasteiger charge is 2.28. The van der Waals surface area contributed by atoms with E-state index in [1.165, 1.54) is 0 Å². The Kier molecular flexibility index (Phi) is 8.09. The second kappa shape index (κ2) is 11.0. The molecule has 0 radical (unpaired) electrons. The minimum Gasteiger partial charge on any atom is -0.491 e. The number of rotatable bonds is 3. The Hall–Kier alpha value is -2.83. The summed E-state index contributed by atoms with van der Waals surface area (Å²) in [4.78, 5) is 29.9. The number of aromatic amines is 1. The molecule has 1 N–H and O–H groups in total. The van der Waals surface area contributed by atoms with E-state index >= 15 is 0 Å². The molecule has 0 unspecified atom stereocenters. The van der Waals surface area contributed by atoms with Crippen molar-refractivity contribution in [3.05, 3.63) is 47.8 Å². The average Bonchev–Trinajstić information content (AvgIpc) is 3.29. The van der Waals surface area contributed by atoms with Crippen molar-refractivity contribution in [2.45, 2.75) is 52.0 Å². The fourth-order valence-electron chi connectivity index (χ4n) is 4.06. The predicted molar refractivity (Wildman–Crippen MR) is 120 cm³/mol. The Labute approximate surface area is 184 Å². The Balaban J connectivity index is 1.90. The lowest BCUT2D eigenvalue weighted by molar-refractivity contribution is 0.0562. The summed E-state index contributed by atoms with van der Waals surface area (Å²) in [6.07, 6.45) is 6.31. The van der Waals surface area contributed by atoms with Crippen LogP contribution in [0.4, 0.5) is 0 Å². The Morgan fingerprint density at radius 2 is 1.90 bits per heavy atom. The van der Waals surface area contributed by atoms with Crippen molar-refractivity contribution >= 4 is 11.8 Å². The van der Waals surface area contributed by atoms with Crippen molar-refractivity contribution in [1.29, 1.82) is 0 Å². The van der Waals surface area contributed by atoms with Crippen LogP contribution < -0.4 is 4.74 Å². The highest BCUT2D eigenvalue weighted by atomic mass is 16.5. The summed E-state index contributed by atoms with van der Waals surface area (Å²) in [7, 11) is 1.84. The fraction of sp³-hybridized carbons (Fsp3) is 0.542. The molecule has 7 heteroatoms. The summed E-state index contributed by atoms with van der Waals surface area (Å²) in [5.41, 5.74) is 1.06. The number of H-pyrrole nitrogens is 1. The Morgan fingerprint density at radius 3 is 2.61 bits per heavy atom. The van der Waals surface area contributed by atoms with Crippen molar-refractivity contribution < 1.29 is 14.3 Å². The van der Waals surface area contributed by atoms with Gasteiger partial charge in [0.1, 0.15) is 18.1 Å². The normalized spacial score (nSPS) is 19.0. The molecule has 3 rings (SSSR count). The lowest BCUT2D eigenvalue weighted by atomic mass is 10.0. The van der Waals surface area contributed by atoms with E-state index in [-0.39, 0.29) is 17.9 Å². The molecule has 2 aromatic rings. The molecule has 1 aromatic carbocycles. The number of benzene rings is 1. The van der Waals surface area contributed by atoms with Crippen LogP contribution in [-0.4, -0.2) is 64.6 Å². The number of hydrogen-bond donors (Lipinski definition) is 1. The van der Waals surface area contributed by atoms with Gasteiger partial charge < -0.3 is 14.5 Å². The molecular weight excluding hydrogens is 392 g/mol. The molecule has 0 fully saturated rings. The first kappa shape index (κ1) is 22.8. The topological polar surface area (TPSA) is 78.5 Å². The molecule has 0 saturated heterocycles. The number of hydrogen-bond acceptors (Lipinski definition) is 4. The van der Waals surface area contributed by atoms with Crippen LogP contribution >= 0.6 is 0 Å². The van der Waals surface area contributed by atoms with Gasteiger partial charge in [0, 0.05) is 26.3 Å². The van der Waals surface area contributed by atoms with E-state index < -0.39 is 0 Å². The van der Waals surface area contributed by atoms with Crippen LogP contribution in [0.3, 0.4) is 0 Å². The number of fused-ring (bicyclic) bond motifs is 1. The van der Waals surface area contributed by atoms with E-state index in [0.717, 1.165) is 32.1 Å². The quantitative estimate of drug-likeness (QED) is 0.805. The summed E-state index contributed by atoms with van der Waals surface area (Å²) in [5.74, 6) is 0.882. The van der Waals surface area contributed by atoms with Gasteiger partial charge in [-0.05, 0) is 43.4 Å². The zero-order chi connectivity index (χ0) is 22.2.